The predicted octanol–water partition coefficient (Wildman–Crippen LogP) is 3.69. The van der Waals surface area contributed by atoms with Gasteiger partial charge in [0.25, 0.3) is 0 Å². The molecule has 0 saturated carbocycles. The minimum absolute atomic E-state index is 0. The maximum atomic E-state index is 5.70. The van der Waals surface area contributed by atoms with Gasteiger partial charge in [-0.2, -0.15) is 0 Å². The smallest absolute Gasteiger partial charge is 0.129 e. The van der Waals surface area contributed by atoms with Crippen LogP contribution in [0, 0.1) is 0 Å². The zero-order valence-electron chi connectivity index (χ0n) is 12.0. The molecular formula is C17H22N2O. The van der Waals surface area contributed by atoms with Crippen LogP contribution in [0.4, 0.5) is 5.82 Å². The van der Waals surface area contributed by atoms with Gasteiger partial charge in [0.15, 0.2) is 0 Å². The zero-order valence-corrected chi connectivity index (χ0v) is 12.0. The summed E-state index contributed by atoms with van der Waals surface area (Å²) in [6, 6.07) is 12.9. The summed E-state index contributed by atoms with van der Waals surface area (Å²) in [7, 11) is 0. The van der Waals surface area contributed by atoms with E-state index < -0.39 is 0 Å². The quantitative estimate of drug-likeness (QED) is 0.920. The van der Waals surface area contributed by atoms with E-state index in [1.807, 2.05) is 26.0 Å². The van der Waals surface area contributed by atoms with E-state index in [4.69, 9.17) is 4.74 Å². The van der Waals surface area contributed by atoms with Gasteiger partial charge >= 0.3 is 0 Å². The Kier molecular flexibility index (Phi) is 3.59. The van der Waals surface area contributed by atoms with Gasteiger partial charge in [0.05, 0.1) is 6.10 Å². The van der Waals surface area contributed by atoms with Crippen molar-refractivity contribution in [1.29, 1.82) is 0 Å². The molecule has 106 valence electrons. The van der Waals surface area contributed by atoms with Crippen LogP contribution in [-0.4, -0.2) is 17.1 Å². The fourth-order valence-electron chi connectivity index (χ4n) is 2.71. The van der Waals surface area contributed by atoms with Gasteiger partial charge in [0.2, 0.25) is 0 Å². The molecule has 0 atom stereocenters. The van der Waals surface area contributed by atoms with E-state index in [-0.39, 0.29) is 7.53 Å². The number of anilines is 1. The van der Waals surface area contributed by atoms with E-state index >= 15 is 0 Å². The van der Waals surface area contributed by atoms with Gasteiger partial charge in [-0.1, -0.05) is 24.3 Å². The topological polar surface area (TPSA) is 34.1 Å². The molecule has 1 N–H and O–H groups in total. The van der Waals surface area contributed by atoms with Crippen molar-refractivity contribution >= 4 is 5.82 Å². The molecule has 3 nitrogen and oxygen atoms in total. The van der Waals surface area contributed by atoms with Gasteiger partial charge in [-0.15, -0.1) is 0 Å². The standard InChI is InChI=1S/C17H20N2O.H2/c1-12(2)20-16-7-8-18-17(11-16)19-15-9-13-5-3-4-6-14(13)10-15;/h3-8,11-12,15H,9-10H2,1-2H3,(H,18,19);1H. The molecule has 0 spiro atoms. The highest BCUT2D eigenvalue weighted by molar-refractivity contribution is 5.44. The summed E-state index contributed by atoms with van der Waals surface area (Å²) >= 11 is 0. The number of fused-ring (bicyclic) bond motifs is 1. The molecule has 2 aromatic rings. The van der Waals surface area contributed by atoms with Gasteiger partial charge < -0.3 is 10.1 Å². The Hall–Kier alpha value is -2.03. The number of aromatic nitrogens is 1. The number of nitrogens with one attached hydrogen (secondary N) is 1. The van der Waals surface area contributed by atoms with Crippen LogP contribution in [0.1, 0.15) is 26.4 Å². The van der Waals surface area contributed by atoms with Crippen LogP contribution >= 0.6 is 0 Å². The number of hydrogen-bond donors (Lipinski definition) is 1. The lowest BCUT2D eigenvalue weighted by molar-refractivity contribution is 0.242. The molecule has 0 aliphatic heterocycles. The van der Waals surface area contributed by atoms with Crippen molar-refractivity contribution in [2.45, 2.75) is 38.8 Å². The molecule has 1 aliphatic rings. The summed E-state index contributed by atoms with van der Waals surface area (Å²) in [4.78, 5) is 4.38. The Morgan fingerprint density at radius 2 is 1.90 bits per heavy atom. The molecule has 1 aromatic heterocycles. The summed E-state index contributed by atoms with van der Waals surface area (Å²) in [6.45, 7) is 4.06. The fraction of sp³-hybridized carbons (Fsp3) is 0.353. The number of benzene rings is 1. The molecule has 0 saturated heterocycles. The second-order valence-corrected chi connectivity index (χ2v) is 5.56. The summed E-state index contributed by atoms with van der Waals surface area (Å²) in [5.41, 5.74) is 2.89. The molecule has 3 heteroatoms. The average molecular weight is 270 g/mol. The van der Waals surface area contributed by atoms with Crippen molar-refractivity contribution in [1.82, 2.24) is 4.98 Å². The number of pyridine rings is 1. The Bertz CT molecular complexity index is 576. The first-order chi connectivity index (χ1) is 9.70. The van der Waals surface area contributed by atoms with Crippen LogP contribution in [0.2, 0.25) is 0 Å². The van der Waals surface area contributed by atoms with Crippen LogP contribution in [0.15, 0.2) is 42.6 Å². The van der Waals surface area contributed by atoms with Crippen molar-refractivity contribution in [2.24, 2.45) is 0 Å². The SMILES string of the molecule is CC(C)Oc1ccnc(NC2Cc3ccccc3C2)c1.[HH]. The van der Waals surface area contributed by atoms with Crippen molar-refractivity contribution in [3.05, 3.63) is 53.7 Å². The van der Waals surface area contributed by atoms with Gasteiger partial charge in [-0.3, -0.25) is 0 Å². The number of ether oxygens (including phenoxy) is 1. The normalized spacial score (nSPS) is 14.3. The van der Waals surface area contributed by atoms with Crippen LogP contribution in [0.25, 0.3) is 0 Å². The molecule has 1 aliphatic carbocycles. The summed E-state index contributed by atoms with van der Waals surface area (Å²) in [6.07, 6.45) is 4.10. The van der Waals surface area contributed by atoms with E-state index in [0.717, 1.165) is 24.4 Å². The van der Waals surface area contributed by atoms with E-state index in [1.54, 1.807) is 6.20 Å². The van der Waals surface area contributed by atoms with Gasteiger partial charge in [0, 0.05) is 19.7 Å². The van der Waals surface area contributed by atoms with E-state index in [0.29, 0.717) is 6.04 Å². The first kappa shape index (κ1) is 13.0. The third-order valence-electron chi connectivity index (χ3n) is 3.51. The van der Waals surface area contributed by atoms with Gasteiger partial charge in [0.1, 0.15) is 11.6 Å². The number of hydrogen-bond acceptors (Lipinski definition) is 3. The van der Waals surface area contributed by atoms with Crippen molar-refractivity contribution in [3.63, 3.8) is 0 Å². The third-order valence-corrected chi connectivity index (χ3v) is 3.51. The molecule has 3 rings (SSSR count). The van der Waals surface area contributed by atoms with E-state index in [2.05, 4.69) is 34.6 Å². The zero-order chi connectivity index (χ0) is 13.9. The summed E-state index contributed by atoms with van der Waals surface area (Å²) < 4.78 is 5.70. The van der Waals surface area contributed by atoms with E-state index in [9.17, 15) is 0 Å². The molecular weight excluding hydrogens is 248 g/mol. The molecule has 0 amide bonds. The van der Waals surface area contributed by atoms with Crippen LogP contribution in [0.3, 0.4) is 0 Å². The third kappa shape index (κ3) is 2.93. The first-order valence-electron chi connectivity index (χ1n) is 7.17. The lowest BCUT2D eigenvalue weighted by Gasteiger charge is -2.14. The van der Waals surface area contributed by atoms with Crippen molar-refractivity contribution in [3.8, 4) is 5.75 Å². The lowest BCUT2D eigenvalue weighted by Crippen LogP contribution is -2.20. The molecule has 0 bridgehead atoms. The minimum atomic E-state index is 0. The monoisotopic (exact) mass is 270 g/mol. The minimum Gasteiger partial charge on any atom is -0.491 e. The molecule has 0 fully saturated rings. The second-order valence-electron chi connectivity index (χ2n) is 5.56. The number of nitrogens with zero attached hydrogens (tertiary/aromatic N) is 1. The van der Waals surface area contributed by atoms with E-state index in [1.165, 1.54) is 11.1 Å². The summed E-state index contributed by atoms with van der Waals surface area (Å²) in [5.74, 6) is 1.76. The van der Waals surface area contributed by atoms with Crippen molar-refractivity contribution in [2.75, 3.05) is 5.32 Å². The van der Waals surface area contributed by atoms with Crippen LogP contribution in [-0.2, 0) is 12.8 Å². The Morgan fingerprint density at radius 3 is 2.55 bits per heavy atom. The Balaban J connectivity index is 0.00000161. The molecule has 1 aromatic carbocycles. The largest absolute Gasteiger partial charge is 0.491 e. The Morgan fingerprint density at radius 1 is 1.20 bits per heavy atom. The van der Waals surface area contributed by atoms with Crippen molar-refractivity contribution < 1.29 is 6.16 Å². The highest BCUT2D eigenvalue weighted by atomic mass is 16.5. The second kappa shape index (κ2) is 5.53. The maximum Gasteiger partial charge on any atom is 0.129 e. The fourth-order valence-corrected chi connectivity index (χ4v) is 2.71. The van der Waals surface area contributed by atoms with Crippen LogP contribution < -0.4 is 10.1 Å². The van der Waals surface area contributed by atoms with Gasteiger partial charge in [-0.25, -0.2) is 4.98 Å². The number of rotatable bonds is 4. The highest BCUT2D eigenvalue weighted by Crippen LogP contribution is 2.25. The molecule has 20 heavy (non-hydrogen) atoms. The van der Waals surface area contributed by atoms with Gasteiger partial charge in [-0.05, 0) is 43.9 Å². The average Bonchev–Trinajstić information content (AvgIpc) is 2.80. The molecule has 0 radical (unpaired) electrons. The van der Waals surface area contributed by atoms with Crippen LogP contribution in [0.5, 0.6) is 5.75 Å². The lowest BCUT2D eigenvalue weighted by atomic mass is 10.1. The predicted molar refractivity (Wildman–Crippen MR) is 83.4 cm³/mol. The summed E-state index contributed by atoms with van der Waals surface area (Å²) in [5, 5.41) is 3.51. The Labute approximate surface area is 121 Å². The first-order valence-corrected chi connectivity index (χ1v) is 7.17. The molecule has 0 unspecified atom stereocenters. The highest BCUT2D eigenvalue weighted by Gasteiger charge is 2.20. The maximum absolute atomic E-state index is 5.70. The molecule has 1 heterocycles.